The standard InChI is InChI=1S/C12H20N4/c1-2-5-10(4-1)13-8-11-9-16(15-14-11)12-6-3-7-12/h9-10,12-13H,1-8H2. The van der Waals surface area contributed by atoms with E-state index in [1.807, 2.05) is 0 Å². The summed E-state index contributed by atoms with van der Waals surface area (Å²) >= 11 is 0. The van der Waals surface area contributed by atoms with Gasteiger partial charge in [-0.15, -0.1) is 5.10 Å². The topological polar surface area (TPSA) is 42.7 Å². The molecule has 1 heterocycles. The van der Waals surface area contributed by atoms with Gasteiger partial charge >= 0.3 is 0 Å². The third-order valence-electron chi connectivity index (χ3n) is 3.93. The molecule has 0 radical (unpaired) electrons. The Morgan fingerprint density at radius 1 is 1.19 bits per heavy atom. The average Bonchev–Trinajstić information content (AvgIpc) is 2.81. The van der Waals surface area contributed by atoms with Crippen molar-refractivity contribution in [1.29, 1.82) is 0 Å². The Bertz CT molecular complexity index is 337. The Labute approximate surface area is 96.4 Å². The Balaban J connectivity index is 1.51. The molecule has 0 amide bonds. The van der Waals surface area contributed by atoms with Crippen molar-refractivity contribution in [3.8, 4) is 0 Å². The van der Waals surface area contributed by atoms with Crippen LogP contribution in [0, 0.1) is 0 Å². The van der Waals surface area contributed by atoms with Crippen molar-refractivity contribution in [2.75, 3.05) is 0 Å². The zero-order valence-electron chi connectivity index (χ0n) is 9.73. The lowest BCUT2D eigenvalue weighted by molar-refractivity contribution is 0.284. The Hall–Kier alpha value is -0.900. The molecule has 2 aliphatic carbocycles. The largest absolute Gasteiger partial charge is 0.308 e. The average molecular weight is 220 g/mol. The quantitative estimate of drug-likeness (QED) is 0.844. The van der Waals surface area contributed by atoms with E-state index in [0.29, 0.717) is 12.1 Å². The predicted octanol–water partition coefficient (Wildman–Crippen LogP) is 2.04. The number of aromatic nitrogens is 3. The summed E-state index contributed by atoms with van der Waals surface area (Å²) in [5.74, 6) is 0. The van der Waals surface area contributed by atoms with Gasteiger partial charge in [-0.05, 0) is 32.1 Å². The Morgan fingerprint density at radius 3 is 2.69 bits per heavy atom. The van der Waals surface area contributed by atoms with Gasteiger partial charge in [0.25, 0.3) is 0 Å². The number of nitrogens with zero attached hydrogens (tertiary/aromatic N) is 3. The third kappa shape index (κ3) is 2.12. The molecule has 0 aliphatic heterocycles. The maximum absolute atomic E-state index is 4.23. The van der Waals surface area contributed by atoms with E-state index in [1.54, 1.807) is 0 Å². The van der Waals surface area contributed by atoms with Crippen LogP contribution in [0.4, 0.5) is 0 Å². The number of hydrogen-bond donors (Lipinski definition) is 1. The van der Waals surface area contributed by atoms with E-state index in [1.165, 1.54) is 44.9 Å². The molecule has 1 aromatic rings. The second-order valence-electron chi connectivity index (χ2n) is 5.14. The van der Waals surface area contributed by atoms with Crippen LogP contribution in [0.3, 0.4) is 0 Å². The molecule has 0 bridgehead atoms. The molecule has 0 spiro atoms. The van der Waals surface area contributed by atoms with Crippen LogP contribution in [-0.2, 0) is 6.54 Å². The van der Waals surface area contributed by atoms with Gasteiger partial charge in [0.2, 0.25) is 0 Å². The molecule has 1 aromatic heterocycles. The zero-order valence-corrected chi connectivity index (χ0v) is 9.73. The number of nitrogens with one attached hydrogen (secondary N) is 1. The van der Waals surface area contributed by atoms with E-state index in [-0.39, 0.29) is 0 Å². The molecule has 0 unspecified atom stereocenters. The first-order valence-corrected chi connectivity index (χ1v) is 6.56. The molecule has 16 heavy (non-hydrogen) atoms. The molecule has 1 N–H and O–H groups in total. The maximum Gasteiger partial charge on any atom is 0.0965 e. The third-order valence-corrected chi connectivity index (χ3v) is 3.93. The maximum atomic E-state index is 4.23. The van der Waals surface area contributed by atoms with Crippen LogP contribution in [0.2, 0.25) is 0 Å². The monoisotopic (exact) mass is 220 g/mol. The summed E-state index contributed by atoms with van der Waals surface area (Å²) in [4.78, 5) is 0. The van der Waals surface area contributed by atoms with Crippen molar-refractivity contribution in [3.05, 3.63) is 11.9 Å². The second kappa shape index (κ2) is 4.53. The zero-order chi connectivity index (χ0) is 10.8. The summed E-state index contributed by atoms with van der Waals surface area (Å²) in [5, 5.41) is 12.0. The molecule has 4 nitrogen and oxygen atoms in total. The highest BCUT2D eigenvalue weighted by atomic mass is 15.4. The first kappa shape index (κ1) is 10.3. The van der Waals surface area contributed by atoms with Gasteiger partial charge in [-0.2, -0.15) is 0 Å². The van der Waals surface area contributed by atoms with Gasteiger partial charge in [-0.25, -0.2) is 4.68 Å². The fraction of sp³-hybridized carbons (Fsp3) is 0.833. The van der Waals surface area contributed by atoms with Gasteiger partial charge in [0.1, 0.15) is 0 Å². The highest BCUT2D eigenvalue weighted by molar-refractivity contribution is 4.95. The molecule has 2 aliphatic rings. The van der Waals surface area contributed by atoms with Crippen molar-refractivity contribution in [2.24, 2.45) is 0 Å². The van der Waals surface area contributed by atoms with E-state index >= 15 is 0 Å². The summed E-state index contributed by atoms with van der Waals surface area (Å²) in [6.07, 6.45) is 11.4. The fourth-order valence-electron chi connectivity index (χ4n) is 2.60. The summed E-state index contributed by atoms with van der Waals surface area (Å²) < 4.78 is 2.05. The SMILES string of the molecule is c1c(CNC2CCCC2)nnn1C1CCC1. The van der Waals surface area contributed by atoms with Gasteiger partial charge in [-0.3, -0.25) is 0 Å². The van der Waals surface area contributed by atoms with Crippen LogP contribution in [0.15, 0.2) is 6.20 Å². The lowest BCUT2D eigenvalue weighted by Gasteiger charge is -2.24. The summed E-state index contributed by atoms with van der Waals surface area (Å²) in [6.45, 7) is 0.886. The Kier molecular flexibility index (Phi) is 2.91. The summed E-state index contributed by atoms with van der Waals surface area (Å²) in [6, 6.07) is 1.35. The number of hydrogen-bond acceptors (Lipinski definition) is 3. The molecule has 88 valence electrons. The lowest BCUT2D eigenvalue weighted by atomic mass is 9.93. The molecule has 2 fully saturated rings. The van der Waals surface area contributed by atoms with Gasteiger partial charge < -0.3 is 5.32 Å². The van der Waals surface area contributed by atoms with E-state index in [4.69, 9.17) is 0 Å². The molecule has 3 rings (SSSR count). The van der Waals surface area contributed by atoms with Crippen LogP contribution < -0.4 is 5.32 Å². The van der Waals surface area contributed by atoms with Crippen LogP contribution in [-0.4, -0.2) is 21.0 Å². The van der Waals surface area contributed by atoms with Crippen molar-refractivity contribution < 1.29 is 0 Å². The van der Waals surface area contributed by atoms with E-state index in [9.17, 15) is 0 Å². The fourth-order valence-corrected chi connectivity index (χ4v) is 2.60. The van der Waals surface area contributed by atoms with Gasteiger partial charge in [0.15, 0.2) is 0 Å². The van der Waals surface area contributed by atoms with Gasteiger partial charge in [0, 0.05) is 12.6 Å². The van der Waals surface area contributed by atoms with Crippen LogP contribution in [0.1, 0.15) is 56.7 Å². The predicted molar refractivity (Wildman–Crippen MR) is 62.0 cm³/mol. The van der Waals surface area contributed by atoms with Crippen LogP contribution in [0.25, 0.3) is 0 Å². The van der Waals surface area contributed by atoms with Crippen LogP contribution >= 0.6 is 0 Å². The summed E-state index contributed by atoms with van der Waals surface area (Å²) in [7, 11) is 0. The van der Waals surface area contributed by atoms with Crippen LogP contribution in [0.5, 0.6) is 0 Å². The van der Waals surface area contributed by atoms with Crippen molar-refractivity contribution >= 4 is 0 Å². The second-order valence-corrected chi connectivity index (χ2v) is 5.14. The molecule has 4 heteroatoms. The molecular weight excluding hydrogens is 200 g/mol. The molecule has 0 saturated heterocycles. The van der Waals surface area contributed by atoms with E-state index < -0.39 is 0 Å². The molecule has 0 aromatic carbocycles. The molecule has 2 saturated carbocycles. The normalized spacial score (nSPS) is 22.5. The highest BCUT2D eigenvalue weighted by Gasteiger charge is 2.21. The van der Waals surface area contributed by atoms with E-state index in [2.05, 4.69) is 26.5 Å². The number of rotatable bonds is 4. The minimum Gasteiger partial charge on any atom is -0.308 e. The molecular formula is C12H20N4. The van der Waals surface area contributed by atoms with Crippen molar-refractivity contribution in [2.45, 2.75) is 63.6 Å². The first-order valence-electron chi connectivity index (χ1n) is 6.56. The minimum absolute atomic E-state index is 0.632. The minimum atomic E-state index is 0.632. The van der Waals surface area contributed by atoms with Gasteiger partial charge in [-0.1, -0.05) is 18.1 Å². The van der Waals surface area contributed by atoms with E-state index in [0.717, 1.165) is 12.2 Å². The summed E-state index contributed by atoms with van der Waals surface area (Å²) in [5.41, 5.74) is 1.10. The first-order chi connectivity index (χ1) is 7.92. The smallest absolute Gasteiger partial charge is 0.0965 e. The van der Waals surface area contributed by atoms with Crippen molar-refractivity contribution in [3.63, 3.8) is 0 Å². The molecule has 0 atom stereocenters. The lowest BCUT2D eigenvalue weighted by Crippen LogP contribution is -2.25. The van der Waals surface area contributed by atoms with Gasteiger partial charge in [0.05, 0.1) is 17.9 Å². The van der Waals surface area contributed by atoms with Crippen molar-refractivity contribution in [1.82, 2.24) is 20.3 Å². The Morgan fingerprint density at radius 2 is 2.00 bits per heavy atom. The highest BCUT2D eigenvalue weighted by Crippen LogP contribution is 2.30.